The van der Waals surface area contributed by atoms with Crippen molar-refractivity contribution in [1.29, 1.82) is 0 Å². The van der Waals surface area contributed by atoms with E-state index < -0.39 is 0 Å². The summed E-state index contributed by atoms with van der Waals surface area (Å²) in [4.78, 5) is 0. The Hall–Kier alpha value is -0.820. The Morgan fingerprint density at radius 3 is 2.33 bits per heavy atom. The molecule has 2 rings (SSSR count). The van der Waals surface area contributed by atoms with Crippen molar-refractivity contribution in [3.05, 3.63) is 35.9 Å². The van der Waals surface area contributed by atoms with Crippen molar-refractivity contribution in [1.82, 2.24) is 0 Å². The van der Waals surface area contributed by atoms with E-state index in [0.29, 0.717) is 6.10 Å². The molecule has 1 aromatic rings. The highest BCUT2D eigenvalue weighted by atomic mass is 16.6. The molecule has 1 saturated heterocycles. The maximum atomic E-state index is 5.51. The van der Waals surface area contributed by atoms with Crippen molar-refractivity contribution in [3.8, 4) is 0 Å². The molecule has 64 valence electrons. The van der Waals surface area contributed by atoms with Crippen LogP contribution in [0.25, 0.3) is 0 Å². The predicted molar refractivity (Wildman–Crippen MR) is 49.1 cm³/mol. The van der Waals surface area contributed by atoms with E-state index in [2.05, 4.69) is 38.1 Å². The van der Waals surface area contributed by atoms with E-state index in [1.165, 1.54) is 5.56 Å². The minimum absolute atomic E-state index is 0.121. The first kappa shape index (κ1) is 7.81. The summed E-state index contributed by atoms with van der Waals surface area (Å²) in [6.45, 7) is 4.28. The van der Waals surface area contributed by atoms with Gasteiger partial charge in [-0.2, -0.15) is 0 Å². The standard InChI is InChI=1S/C11H14O/c1-11(2)10(12-11)8-9-6-4-3-5-7-9/h3-7,10H,8H2,1-2H3. The Bertz CT molecular complexity index is 264. The van der Waals surface area contributed by atoms with Crippen LogP contribution in [0.3, 0.4) is 0 Å². The molecule has 1 heteroatoms. The van der Waals surface area contributed by atoms with E-state index in [9.17, 15) is 0 Å². The van der Waals surface area contributed by atoms with Crippen LogP contribution in [0.15, 0.2) is 30.3 Å². The van der Waals surface area contributed by atoms with E-state index in [1.54, 1.807) is 0 Å². The monoisotopic (exact) mass is 162 g/mol. The van der Waals surface area contributed by atoms with Gasteiger partial charge in [-0.15, -0.1) is 0 Å². The first-order chi connectivity index (χ1) is 5.68. The molecule has 0 bridgehead atoms. The number of rotatable bonds is 2. The van der Waals surface area contributed by atoms with Crippen molar-refractivity contribution in [3.63, 3.8) is 0 Å². The average molecular weight is 162 g/mol. The normalized spacial score (nSPS) is 25.3. The Morgan fingerprint density at radius 1 is 1.25 bits per heavy atom. The lowest BCUT2D eigenvalue weighted by atomic mass is 10.0. The van der Waals surface area contributed by atoms with Gasteiger partial charge in [-0.05, 0) is 19.4 Å². The van der Waals surface area contributed by atoms with Gasteiger partial charge < -0.3 is 4.74 Å². The SMILES string of the molecule is CC1(C)OC1Cc1ccccc1. The number of benzene rings is 1. The molecule has 1 nitrogen and oxygen atoms in total. The fourth-order valence-electron chi connectivity index (χ4n) is 1.45. The summed E-state index contributed by atoms with van der Waals surface area (Å²) < 4.78 is 5.51. The molecular weight excluding hydrogens is 148 g/mol. The van der Waals surface area contributed by atoms with Crippen molar-refractivity contribution >= 4 is 0 Å². The van der Waals surface area contributed by atoms with E-state index in [4.69, 9.17) is 4.74 Å². The van der Waals surface area contributed by atoms with Crippen LogP contribution >= 0.6 is 0 Å². The largest absolute Gasteiger partial charge is 0.366 e. The number of epoxide rings is 1. The first-order valence-corrected chi connectivity index (χ1v) is 4.40. The fourth-order valence-corrected chi connectivity index (χ4v) is 1.45. The van der Waals surface area contributed by atoms with Crippen LogP contribution in [0.4, 0.5) is 0 Å². The zero-order chi connectivity index (χ0) is 8.60. The third-order valence-electron chi connectivity index (χ3n) is 2.43. The topological polar surface area (TPSA) is 12.5 Å². The van der Waals surface area contributed by atoms with E-state index in [0.717, 1.165) is 6.42 Å². The van der Waals surface area contributed by atoms with Gasteiger partial charge in [0.2, 0.25) is 0 Å². The molecular formula is C11H14O. The zero-order valence-electron chi connectivity index (χ0n) is 7.58. The molecule has 1 aromatic carbocycles. The quantitative estimate of drug-likeness (QED) is 0.608. The van der Waals surface area contributed by atoms with Gasteiger partial charge >= 0.3 is 0 Å². The highest BCUT2D eigenvalue weighted by Gasteiger charge is 2.47. The highest BCUT2D eigenvalue weighted by Crippen LogP contribution is 2.37. The molecule has 0 radical (unpaired) electrons. The molecule has 0 aromatic heterocycles. The molecule has 0 saturated carbocycles. The van der Waals surface area contributed by atoms with Gasteiger partial charge in [-0.3, -0.25) is 0 Å². The molecule has 1 fully saturated rings. The summed E-state index contributed by atoms with van der Waals surface area (Å²) in [7, 11) is 0. The highest BCUT2D eigenvalue weighted by molar-refractivity contribution is 5.18. The molecule has 0 spiro atoms. The zero-order valence-corrected chi connectivity index (χ0v) is 7.58. The van der Waals surface area contributed by atoms with Crippen molar-refractivity contribution in [2.45, 2.75) is 32.0 Å². The summed E-state index contributed by atoms with van der Waals surface area (Å²) in [6, 6.07) is 10.5. The van der Waals surface area contributed by atoms with Gasteiger partial charge in [0.25, 0.3) is 0 Å². The Balaban J connectivity index is 1.98. The van der Waals surface area contributed by atoms with Gasteiger partial charge in [-0.25, -0.2) is 0 Å². The number of hydrogen-bond donors (Lipinski definition) is 0. The summed E-state index contributed by atoms with van der Waals surface area (Å²) in [5, 5.41) is 0. The van der Waals surface area contributed by atoms with Crippen molar-refractivity contribution in [2.75, 3.05) is 0 Å². The molecule has 1 heterocycles. The molecule has 0 aliphatic carbocycles. The Morgan fingerprint density at radius 2 is 1.83 bits per heavy atom. The lowest BCUT2D eigenvalue weighted by Crippen LogP contribution is -2.05. The number of ether oxygens (including phenoxy) is 1. The molecule has 1 aliphatic rings. The third kappa shape index (κ3) is 1.51. The van der Waals surface area contributed by atoms with Crippen LogP contribution < -0.4 is 0 Å². The van der Waals surface area contributed by atoms with Gasteiger partial charge in [0.05, 0.1) is 11.7 Å². The summed E-state index contributed by atoms with van der Waals surface area (Å²) in [6.07, 6.45) is 1.48. The van der Waals surface area contributed by atoms with Crippen LogP contribution in [-0.2, 0) is 11.2 Å². The second-order valence-electron chi connectivity index (χ2n) is 3.90. The maximum Gasteiger partial charge on any atom is 0.0908 e. The molecule has 12 heavy (non-hydrogen) atoms. The van der Waals surface area contributed by atoms with Crippen LogP contribution in [0.5, 0.6) is 0 Å². The van der Waals surface area contributed by atoms with E-state index in [-0.39, 0.29) is 5.60 Å². The fraction of sp³-hybridized carbons (Fsp3) is 0.455. The molecule has 1 atom stereocenters. The van der Waals surface area contributed by atoms with E-state index in [1.807, 2.05) is 6.07 Å². The van der Waals surface area contributed by atoms with Crippen LogP contribution in [0.2, 0.25) is 0 Å². The summed E-state index contributed by atoms with van der Waals surface area (Å²) in [5.41, 5.74) is 1.49. The lowest BCUT2D eigenvalue weighted by molar-refractivity contribution is 0.323. The van der Waals surface area contributed by atoms with Gasteiger partial charge in [0, 0.05) is 6.42 Å². The minimum Gasteiger partial charge on any atom is -0.366 e. The predicted octanol–water partition coefficient (Wildman–Crippen LogP) is 2.41. The maximum absolute atomic E-state index is 5.51. The smallest absolute Gasteiger partial charge is 0.0908 e. The van der Waals surface area contributed by atoms with E-state index >= 15 is 0 Å². The third-order valence-corrected chi connectivity index (χ3v) is 2.43. The van der Waals surface area contributed by atoms with Gasteiger partial charge in [0.15, 0.2) is 0 Å². The van der Waals surface area contributed by atoms with Crippen LogP contribution in [-0.4, -0.2) is 11.7 Å². The summed E-state index contributed by atoms with van der Waals surface area (Å²) in [5.74, 6) is 0. The van der Waals surface area contributed by atoms with Crippen LogP contribution in [0.1, 0.15) is 19.4 Å². The van der Waals surface area contributed by atoms with Gasteiger partial charge in [-0.1, -0.05) is 30.3 Å². The molecule has 1 unspecified atom stereocenters. The molecule has 0 amide bonds. The van der Waals surface area contributed by atoms with Crippen molar-refractivity contribution < 1.29 is 4.74 Å². The first-order valence-electron chi connectivity index (χ1n) is 4.40. The second-order valence-corrected chi connectivity index (χ2v) is 3.90. The van der Waals surface area contributed by atoms with Gasteiger partial charge in [0.1, 0.15) is 0 Å². The molecule has 0 N–H and O–H groups in total. The minimum atomic E-state index is 0.121. The number of hydrogen-bond acceptors (Lipinski definition) is 1. The Labute approximate surface area is 73.4 Å². The van der Waals surface area contributed by atoms with Crippen molar-refractivity contribution in [2.24, 2.45) is 0 Å². The summed E-state index contributed by atoms with van der Waals surface area (Å²) >= 11 is 0. The van der Waals surface area contributed by atoms with Crippen LogP contribution in [0, 0.1) is 0 Å². The second kappa shape index (κ2) is 2.60. The Kier molecular flexibility index (Phi) is 1.69. The average Bonchev–Trinajstić information content (AvgIpc) is 2.61. The molecule has 1 aliphatic heterocycles. The lowest BCUT2D eigenvalue weighted by Gasteiger charge is -1.97.